The number of nitrogens with zero attached hydrogens (tertiary/aromatic N) is 1. The molecule has 0 aliphatic carbocycles. The van der Waals surface area contributed by atoms with Crippen LogP contribution in [0, 0.1) is 11.6 Å². The van der Waals surface area contributed by atoms with Crippen LogP contribution in [0.4, 0.5) is 8.78 Å². The highest BCUT2D eigenvalue weighted by Crippen LogP contribution is 2.25. The smallest absolute Gasteiger partial charge is 0.158 e. The van der Waals surface area contributed by atoms with Gasteiger partial charge in [0, 0.05) is 35.7 Å². The number of hydrogen-bond acceptors (Lipinski definition) is 3. The normalized spacial score (nSPS) is 12.4. The summed E-state index contributed by atoms with van der Waals surface area (Å²) in [5, 5.41) is 9.02. The summed E-state index contributed by atoms with van der Waals surface area (Å²) in [5.41, 5.74) is -0.558. The Kier molecular flexibility index (Phi) is 4.29. The van der Waals surface area contributed by atoms with Gasteiger partial charge in [0.15, 0.2) is 5.56 Å². The highest BCUT2D eigenvalue weighted by molar-refractivity contribution is 6.19. The van der Waals surface area contributed by atoms with Gasteiger partial charge >= 0.3 is 0 Å². The molecule has 19 heavy (non-hydrogen) atoms. The molecule has 1 atom stereocenters. The van der Waals surface area contributed by atoms with Gasteiger partial charge in [-0.05, 0) is 6.07 Å². The molecule has 0 aliphatic heterocycles. The van der Waals surface area contributed by atoms with Gasteiger partial charge in [0.25, 0.3) is 0 Å². The third-order valence-corrected chi connectivity index (χ3v) is 2.82. The number of rotatable bonds is 4. The predicted octanol–water partition coefficient (Wildman–Crippen LogP) is 3.52. The van der Waals surface area contributed by atoms with Crippen molar-refractivity contribution in [2.45, 2.75) is 12.2 Å². The van der Waals surface area contributed by atoms with Crippen LogP contribution < -0.4 is 0 Å². The molecule has 2 rings (SSSR count). The molecule has 0 fully saturated rings. The van der Waals surface area contributed by atoms with Gasteiger partial charge in [-0.15, -0.1) is 0 Å². The molecule has 6 heteroatoms. The Balaban J connectivity index is 2.07. The summed E-state index contributed by atoms with van der Waals surface area (Å²) in [5.74, 6) is -2.24. The van der Waals surface area contributed by atoms with E-state index in [0.29, 0.717) is 5.56 Å². The molecule has 1 unspecified atom stereocenters. The molecule has 0 saturated carbocycles. The van der Waals surface area contributed by atoms with Crippen LogP contribution in [0.25, 0.3) is 0 Å². The summed E-state index contributed by atoms with van der Waals surface area (Å²) in [6, 6.07) is 4.99. The van der Waals surface area contributed by atoms with E-state index in [1.165, 1.54) is 6.20 Å². The van der Waals surface area contributed by atoms with Crippen LogP contribution >= 0.6 is 11.6 Å². The number of pyridine rings is 1. The number of alkyl halides is 1. The quantitative estimate of drug-likeness (QED) is 0.874. The summed E-state index contributed by atoms with van der Waals surface area (Å²) in [6.07, 6.45) is 3.08. The Morgan fingerprint density at radius 1 is 1.32 bits per heavy atom. The van der Waals surface area contributed by atoms with Gasteiger partial charge in [-0.25, -0.2) is 8.78 Å². The van der Waals surface area contributed by atoms with Gasteiger partial charge in [0.2, 0.25) is 0 Å². The van der Waals surface area contributed by atoms with Crippen LogP contribution in [0.3, 0.4) is 0 Å². The largest absolute Gasteiger partial charge is 0.508 e. The van der Waals surface area contributed by atoms with Gasteiger partial charge in [0.05, 0.1) is 6.61 Å². The van der Waals surface area contributed by atoms with Crippen molar-refractivity contribution in [2.24, 2.45) is 0 Å². The van der Waals surface area contributed by atoms with Crippen molar-refractivity contribution in [1.82, 2.24) is 4.98 Å². The van der Waals surface area contributed by atoms with E-state index in [1.807, 2.05) is 0 Å². The number of hydrogen-bond donors (Lipinski definition) is 1. The first kappa shape index (κ1) is 13.7. The summed E-state index contributed by atoms with van der Waals surface area (Å²) >= 11 is 5.94. The van der Waals surface area contributed by atoms with Crippen molar-refractivity contribution in [3.8, 4) is 5.75 Å². The number of phenols is 1. The summed E-state index contributed by atoms with van der Waals surface area (Å²) in [7, 11) is 0. The molecule has 2 aromatic rings. The molecule has 1 aromatic heterocycles. The molecule has 0 spiro atoms. The molecule has 0 aliphatic rings. The average molecular weight is 286 g/mol. The molecule has 0 bridgehead atoms. The first-order valence-corrected chi connectivity index (χ1v) is 5.84. The van der Waals surface area contributed by atoms with Crippen LogP contribution in [0.2, 0.25) is 0 Å². The van der Waals surface area contributed by atoms with Gasteiger partial charge in [-0.3, -0.25) is 4.98 Å². The van der Waals surface area contributed by atoms with Crippen molar-refractivity contribution >= 4 is 11.6 Å². The molecule has 1 aromatic carbocycles. The maximum absolute atomic E-state index is 13.4. The molecular weight excluding hydrogens is 276 g/mol. The first-order valence-electron chi connectivity index (χ1n) is 5.40. The van der Waals surface area contributed by atoms with Crippen LogP contribution in [0.5, 0.6) is 5.75 Å². The molecule has 0 amide bonds. The lowest BCUT2D eigenvalue weighted by Crippen LogP contribution is -2.02. The fraction of sp³-hybridized carbons (Fsp3) is 0.154. The molecule has 1 N–H and O–H groups in total. The van der Waals surface area contributed by atoms with E-state index < -0.39 is 22.9 Å². The average Bonchev–Trinajstić information content (AvgIpc) is 2.38. The Hall–Kier alpha value is -1.72. The van der Waals surface area contributed by atoms with Crippen molar-refractivity contribution < 1.29 is 18.6 Å². The lowest BCUT2D eigenvalue weighted by Gasteiger charge is -2.12. The molecule has 3 nitrogen and oxygen atoms in total. The number of halogens is 3. The van der Waals surface area contributed by atoms with Crippen LogP contribution in [-0.2, 0) is 11.3 Å². The molecule has 100 valence electrons. The molecule has 0 saturated heterocycles. The topological polar surface area (TPSA) is 42.4 Å². The minimum absolute atomic E-state index is 0.285. The summed E-state index contributed by atoms with van der Waals surface area (Å²) < 4.78 is 32.0. The fourth-order valence-corrected chi connectivity index (χ4v) is 1.68. The summed E-state index contributed by atoms with van der Waals surface area (Å²) in [4.78, 5) is 3.86. The number of benzene rings is 1. The zero-order chi connectivity index (χ0) is 13.8. The van der Waals surface area contributed by atoms with E-state index in [0.717, 1.165) is 12.1 Å². The highest BCUT2D eigenvalue weighted by Gasteiger charge is 2.14. The SMILES string of the molecule is Oc1cc(F)c(COC(Cl)c2cccnc2)c(F)c1. The van der Waals surface area contributed by atoms with E-state index in [9.17, 15) is 8.78 Å². The van der Waals surface area contributed by atoms with E-state index >= 15 is 0 Å². The van der Waals surface area contributed by atoms with Crippen LogP contribution in [0.15, 0.2) is 36.7 Å². The monoisotopic (exact) mass is 285 g/mol. The van der Waals surface area contributed by atoms with E-state index in [1.54, 1.807) is 18.3 Å². The van der Waals surface area contributed by atoms with E-state index in [2.05, 4.69) is 4.98 Å². The van der Waals surface area contributed by atoms with Gasteiger partial charge in [0.1, 0.15) is 17.4 Å². The predicted molar refractivity (Wildman–Crippen MR) is 65.6 cm³/mol. The molecule has 1 heterocycles. The number of ether oxygens (including phenoxy) is 1. The second kappa shape index (κ2) is 5.95. The lowest BCUT2D eigenvalue weighted by atomic mass is 10.2. The zero-order valence-electron chi connectivity index (χ0n) is 9.69. The van der Waals surface area contributed by atoms with E-state index in [-0.39, 0.29) is 12.2 Å². The maximum Gasteiger partial charge on any atom is 0.158 e. The third-order valence-electron chi connectivity index (χ3n) is 2.45. The second-order valence-corrected chi connectivity index (χ2v) is 4.20. The minimum atomic E-state index is -0.882. The van der Waals surface area contributed by atoms with Gasteiger partial charge in [-0.2, -0.15) is 0 Å². The van der Waals surface area contributed by atoms with Crippen LogP contribution in [0.1, 0.15) is 16.7 Å². The first-order chi connectivity index (χ1) is 9.08. The number of phenolic OH excluding ortho intramolecular Hbond substituents is 1. The van der Waals surface area contributed by atoms with Crippen molar-refractivity contribution in [2.75, 3.05) is 0 Å². The Labute approximate surface area is 113 Å². The zero-order valence-corrected chi connectivity index (χ0v) is 10.4. The number of aromatic nitrogens is 1. The maximum atomic E-state index is 13.4. The number of aromatic hydroxyl groups is 1. The summed E-state index contributed by atoms with van der Waals surface area (Å²) in [6.45, 7) is -0.346. The Morgan fingerprint density at radius 3 is 2.58 bits per heavy atom. The fourth-order valence-electron chi connectivity index (χ4n) is 1.49. The highest BCUT2D eigenvalue weighted by atomic mass is 35.5. The van der Waals surface area contributed by atoms with Gasteiger partial charge in [-0.1, -0.05) is 17.7 Å². The van der Waals surface area contributed by atoms with Crippen LogP contribution in [-0.4, -0.2) is 10.1 Å². The standard InChI is InChI=1S/C13H10ClF2NO2/c14-13(8-2-1-3-17-6-8)19-7-10-11(15)4-9(18)5-12(10)16/h1-6,13,18H,7H2. The van der Waals surface area contributed by atoms with Gasteiger partial charge < -0.3 is 9.84 Å². The molecular formula is C13H10ClF2NO2. The van der Waals surface area contributed by atoms with Crippen molar-refractivity contribution in [3.63, 3.8) is 0 Å². The van der Waals surface area contributed by atoms with E-state index in [4.69, 9.17) is 21.4 Å². The van der Waals surface area contributed by atoms with Crippen molar-refractivity contribution in [3.05, 3.63) is 59.4 Å². The minimum Gasteiger partial charge on any atom is -0.508 e. The van der Waals surface area contributed by atoms with Crippen molar-refractivity contribution in [1.29, 1.82) is 0 Å². The third kappa shape index (κ3) is 3.39. The second-order valence-electron chi connectivity index (χ2n) is 3.80. The molecule has 0 radical (unpaired) electrons. The Bertz CT molecular complexity index is 543. The lowest BCUT2D eigenvalue weighted by molar-refractivity contribution is 0.0896. The Morgan fingerprint density at radius 2 is 2.00 bits per heavy atom.